The maximum absolute atomic E-state index is 13.2. The second kappa shape index (κ2) is 7.00. The predicted octanol–water partition coefficient (Wildman–Crippen LogP) is 14.2. The van der Waals surface area contributed by atoms with Gasteiger partial charge in [-0.1, -0.05) is 60.7 Å². The normalized spacial score (nSPS) is 23.6. The molecule has 0 saturated heterocycles. The molecule has 1 fully saturated rings. The second-order valence-corrected chi connectivity index (χ2v) is 20.8. The highest BCUT2D eigenvalue weighted by Gasteiger charge is 2.94. The van der Waals surface area contributed by atoms with Crippen LogP contribution in [0, 0.1) is 0 Å². The largest absolute Gasteiger partial charge is 0.469 e. The van der Waals surface area contributed by atoms with Crippen molar-refractivity contribution in [3.05, 3.63) is 118 Å². The Hall–Kier alpha value is -7.03. The second-order valence-electron chi connectivity index (χ2n) is 20.8. The molecule has 0 heterocycles. The molecule has 6 aliphatic rings. The molecule has 0 aromatic heterocycles. The fourth-order valence-electron chi connectivity index (χ4n) is 19.1. The minimum absolute atomic E-state index is 0.103. The quantitative estimate of drug-likeness (QED) is 0.0991. The average molecular weight is 765 g/mol. The minimum atomic E-state index is -0.313. The molecular formula is C59H24O2. The lowest BCUT2D eigenvalue weighted by Gasteiger charge is -2.32. The molecule has 1 saturated carbocycles. The van der Waals surface area contributed by atoms with Crippen LogP contribution in [0.1, 0.15) is 58.2 Å². The maximum Gasteiger partial charge on any atom is 0.305 e. The number of fused-ring (bicyclic) bond motifs is 4. The molecule has 0 N–H and O–H groups in total. The van der Waals surface area contributed by atoms with Gasteiger partial charge in [0.2, 0.25) is 0 Å². The minimum Gasteiger partial charge on any atom is -0.469 e. The van der Waals surface area contributed by atoms with E-state index in [1.165, 1.54) is 87.1 Å². The number of esters is 1. The summed E-state index contributed by atoms with van der Waals surface area (Å²) in [6, 6.07) is 32.4. The van der Waals surface area contributed by atoms with E-state index in [1.807, 2.05) is 0 Å². The van der Waals surface area contributed by atoms with Crippen LogP contribution in [0.5, 0.6) is 0 Å². The van der Waals surface area contributed by atoms with Gasteiger partial charge in [-0.05, 0) is 238 Å². The first kappa shape index (κ1) is 26.9. The summed E-state index contributed by atoms with van der Waals surface area (Å²) in [6.07, 6.45) is 3.15. The van der Waals surface area contributed by atoms with Gasteiger partial charge in [0.1, 0.15) is 0 Å². The summed E-state index contributed by atoms with van der Waals surface area (Å²) in [5.41, 5.74) is 13.0. The number of benzene rings is 12. The van der Waals surface area contributed by atoms with Gasteiger partial charge in [-0.2, -0.15) is 0 Å². The van der Waals surface area contributed by atoms with Crippen molar-refractivity contribution < 1.29 is 9.53 Å². The van der Waals surface area contributed by atoms with Crippen LogP contribution < -0.4 is 0 Å². The van der Waals surface area contributed by atoms with Gasteiger partial charge in [-0.3, -0.25) is 4.79 Å². The van der Waals surface area contributed by atoms with E-state index in [9.17, 15) is 4.79 Å². The van der Waals surface area contributed by atoms with Crippen molar-refractivity contribution in [3.8, 4) is 11.1 Å². The summed E-state index contributed by atoms with van der Waals surface area (Å²) in [6.45, 7) is 0. The monoisotopic (exact) mass is 764 g/mol. The van der Waals surface area contributed by atoms with Crippen LogP contribution >= 0.6 is 0 Å². The molecule has 0 radical (unpaired) electrons. The van der Waals surface area contributed by atoms with Crippen molar-refractivity contribution in [1.82, 2.24) is 0 Å². The molecule has 272 valence electrons. The zero-order valence-electron chi connectivity index (χ0n) is 32.7. The number of carbonyl (C=O) groups excluding carboxylic acids is 1. The third kappa shape index (κ3) is 1.82. The third-order valence-corrected chi connectivity index (χ3v) is 19.9. The van der Waals surface area contributed by atoms with Crippen LogP contribution in [0.4, 0.5) is 0 Å². The molecule has 3 unspecified atom stereocenters. The van der Waals surface area contributed by atoms with Crippen molar-refractivity contribution in [3.63, 3.8) is 0 Å². The fraction of sp³-hybridized carbons (Fsp3) is 0.136. The van der Waals surface area contributed by atoms with E-state index >= 15 is 0 Å². The number of ether oxygens (including phenoxy) is 1. The van der Waals surface area contributed by atoms with Gasteiger partial charge >= 0.3 is 5.97 Å². The highest BCUT2D eigenvalue weighted by Crippen LogP contribution is 2.95. The van der Waals surface area contributed by atoms with Crippen molar-refractivity contribution in [2.24, 2.45) is 0 Å². The predicted molar refractivity (Wildman–Crippen MR) is 250 cm³/mol. The molecule has 6 aliphatic carbocycles. The summed E-state index contributed by atoms with van der Waals surface area (Å²) in [5, 5.41) is 43.0. The average Bonchev–Trinajstić information content (AvgIpc) is 3.96. The van der Waals surface area contributed by atoms with E-state index in [2.05, 4.69) is 78.9 Å². The zero-order chi connectivity index (χ0) is 38.2. The number of hydrogen-bond acceptors (Lipinski definition) is 2. The summed E-state index contributed by atoms with van der Waals surface area (Å²) >= 11 is 0. The fourth-order valence-corrected chi connectivity index (χ4v) is 19.1. The SMILES string of the molecule is COC(=O)CCCC1(c2ccccc2)C23c4c5ccc6c7cc8c9c%10c(cc%11cc%12c%13cc%14c%15ccc-5c2c%15c2c5c%15c%16c(c(c46)c7c9c%16c4c%10c%11c6c%12c%13c(c%142)c%15c64)C513)C8. The third-order valence-electron chi connectivity index (χ3n) is 19.9. The molecule has 2 spiro atoms. The van der Waals surface area contributed by atoms with Crippen molar-refractivity contribution >= 4 is 157 Å². The Morgan fingerprint density at radius 1 is 0.475 bits per heavy atom. The van der Waals surface area contributed by atoms with E-state index in [0.29, 0.717) is 6.42 Å². The van der Waals surface area contributed by atoms with Crippen LogP contribution in [0.3, 0.4) is 0 Å². The summed E-state index contributed by atoms with van der Waals surface area (Å²) in [5.74, 6) is -0.103. The molecule has 0 aliphatic heterocycles. The number of hydrogen-bond donors (Lipinski definition) is 0. The Bertz CT molecular complexity index is 5030. The highest BCUT2D eigenvalue weighted by atomic mass is 16.5. The summed E-state index contributed by atoms with van der Waals surface area (Å²) in [7, 11) is 1.56. The standard InChI is InChI=1S/C59H24O2/c1-61-31(60)8-5-13-57(22-6-3-2-4-7-22)58-53-25-11-9-23-27-16-20-14-19-15-21-17-28-30-18-29-24-10-12-26(25)54(58)40(24)50-38(29)44-36(30)35(28)43-34(21)41-32(19)33(20)42-37(27)49(39(23)53)55-51-47(42)45(41)46(43)48(44)52(51)56(50)59(55,57)58/h2-4,6-7,9-12,15-18H,5,8,13-14H2,1H3. The van der Waals surface area contributed by atoms with Crippen LogP contribution in [-0.2, 0) is 32.2 Å². The van der Waals surface area contributed by atoms with Gasteiger partial charge in [0.25, 0.3) is 0 Å². The molecule has 0 amide bonds. The molecular weight excluding hydrogens is 741 g/mol. The Labute approximate surface area is 342 Å². The van der Waals surface area contributed by atoms with E-state index in [4.69, 9.17) is 4.74 Å². The van der Waals surface area contributed by atoms with Crippen LogP contribution in [0.25, 0.3) is 162 Å². The molecule has 16 aromatic carbocycles. The van der Waals surface area contributed by atoms with Gasteiger partial charge in [0.15, 0.2) is 0 Å². The molecule has 2 nitrogen and oxygen atoms in total. The first-order chi connectivity index (χ1) is 30.2. The highest BCUT2D eigenvalue weighted by molar-refractivity contribution is 6.66. The Kier molecular flexibility index (Phi) is 3.09. The molecule has 2 heteroatoms. The van der Waals surface area contributed by atoms with Crippen molar-refractivity contribution in [2.45, 2.75) is 41.9 Å². The van der Waals surface area contributed by atoms with Crippen LogP contribution in [0.15, 0.2) is 78.9 Å². The van der Waals surface area contributed by atoms with E-state index < -0.39 is 0 Å². The molecule has 16 aromatic rings. The summed E-state index contributed by atoms with van der Waals surface area (Å²) < 4.78 is 5.39. The Balaban J connectivity index is 1.17. The van der Waals surface area contributed by atoms with E-state index in [0.717, 1.165) is 19.3 Å². The van der Waals surface area contributed by atoms with E-state index in [-0.39, 0.29) is 22.2 Å². The molecule has 61 heavy (non-hydrogen) atoms. The van der Waals surface area contributed by atoms with Crippen LogP contribution in [0.2, 0.25) is 0 Å². The molecule has 3 atom stereocenters. The van der Waals surface area contributed by atoms with Gasteiger partial charge in [-0.25, -0.2) is 0 Å². The lowest BCUT2D eigenvalue weighted by molar-refractivity contribution is -0.140. The zero-order valence-corrected chi connectivity index (χ0v) is 32.7. The topological polar surface area (TPSA) is 26.3 Å². The molecule has 0 bridgehead atoms. The summed E-state index contributed by atoms with van der Waals surface area (Å²) in [4.78, 5) is 13.2. The first-order valence-corrected chi connectivity index (χ1v) is 22.5. The van der Waals surface area contributed by atoms with E-state index in [1.54, 1.807) is 121 Å². The lowest BCUT2D eigenvalue weighted by Crippen LogP contribution is -2.26. The first-order valence-electron chi connectivity index (χ1n) is 22.5. The Morgan fingerprint density at radius 2 is 0.984 bits per heavy atom. The maximum atomic E-state index is 13.2. The van der Waals surface area contributed by atoms with Gasteiger partial charge in [-0.15, -0.1) is 0 Å². The van der Waals surface area contributed by atoms with Gasteiger partial charge in [0.05, 0.1) is 7.11 Å². The lowest BCUT2D eigenvalue weighted by atomic mass is 9.68. The van der Waals surface area contributed by atoms with Crippen molar-refractivity contribution in [2.75, 3.05) is 7.11 Å². The smallest absolute Gasteiger partial charge is 0.305 e. The van der Waals surface area contributed by atoms with Gasteiger partial charge in [0, 0.05) is 22.7 Å². The van der Waals surface area contributed by atoms with Crippen LogP contribution in [-0.4, -0.2) is 13.1 Å². The number of rotatable bonds is 5. The number of carbonyl (C=O) groups is 1. The number of methoxy groups -OCH3 is 1. The Morgan fingerprint density at radius 3 is 1.67 bits per heavy atom. The van der Waals surface area contributed by atoms with Crippen molar-refractivity contribution in [1.29, 1.82) is 0 Å². The van der Waals surface area contributed by atoms with Gasteiger partial charge < -0.3 is 4.74 Å². The molecule has 22 rings (SSSR count).